The predicted molar refractivity (Wildman–Crippen MR) is 84.1 cm³/mol. The molecule has 112 valence electrons. The largest absolute Gasteiger partial charge is 0.497 e. The second-order valence-electron chi connectivity index (χ2n) is 5.19. The molecule has 0 fully saturated rings. The molecule has 0 amide bonds. The minimum atomic E-state index is -0.162. The SMILES string of the molecule is COc1cccc([C@H](C)NCCCc2cccc(F)c2)c1. The zero-order chi connectivity index (χ0) is 15.1. The Morgan fingerprint density at radius 2 is 1.95 bits per heavy atom. The Morgan fingerprint density at radius 3 is 2.71 bits per heavy atom. The first-order valence-corrected chi connectivity index (χ1v) is 7.31. The third-order valence-electron chi connectivity index (χ3n) is 3.58. The molecule has 21 heavy (non-hydrogen) atoms. The molecule has 0 heterocycles. The van der Waals surface area contributed by atoms with Crippen LogP contribution in [0.1, 0.15) is 30.5 Å². The summed E-state index contributed by atoms with van der Waals surface area (Å²) in [5.74, 6) is 0.714. The molecule has 0 aromatic heterocycles. The van der Waals surface area contributed by atoms with Gasteiger partial charge in [-0.05, 0) is 61.7 Å². The summed E-state index contributed by atoms with van der Waals surface area (Å²) in [6.07, 6.45) is 1.87. The van der Waals surface area contributed by atoms with Crippen LogP contribution in [-0.2, 0) is 6.42 Å². The van der Waals surface area contributed by atoms with Crippen LogP contribution >= 0.6 is 0 Å². The summed E-state index contributed by atoms with van der Waals surface area (Å²) < 4.78 is 18.3. The maximum Gasteiger partial charge on any atom is 0.123 e. The van der Waals surface area contributed by atoms with Gasteiger partial charge in [0.05, 0.1) is 7.11 Å². The Bertz CT molecular complexity index is 571. The number of hydrogen-bond acceptors (Lipinski definition) is 2. The zero-order valence-electron chi connectivity index (χ0n) is 12.6. The second-order valence-corrected chi connectivity index (χ2v) is 5.19. The van der Waals surface area contributed by atoms with Crippen molar-refractivity contribution in [1.82, 2.24) is 5.32 Å². The summed E-state index contributed by atoms with van der Waals surface area (Å²) in [5.41, 5.74) is 2.26. The predicted octanol–water partition coefficient (Wildman–Crippen LogP) is 4.12. The summed E-state index contributed by atoms with van der Waals surface area (Å²) >= 11 is 0. The van der Waals surface area contributed by atoms with Crippen molar-refractivity contribution in [3.8, 4) is 5.75 Å². The number of methoxy groups -OCH3 is 1. The molecule has 1 N–H and O–H groups in total. The Morgan fingerprint density at radius 1 is 1.14 bits per heavy atom. The molecule has 0 saturated carbocycles. The Labute approximate surface area is 126 Å². The Hall–Kier alpha value is -1.87. The van der Waals surface area contributed by atoms with Crippen molar-refractivity contribution in [2.24, 2.45) is 0 Å². The quantitative estimate of drug-likeness (QED) is 0.774. The van der Waals surface area contributed by atoms with Gasteiger partial charge in [-0.15, -0.1) is 0 Å². The standard InChI is InChI=1S/C18H22FNO/c1-14(16-8-4-10-18(13-16)21-2)20-11-5-7-15-6-3-9-17(19)12-15/h3-4,6,8-10,12-14,20H,5,7,11H2,1-2H3/t14-/m0/s1. The van der Waals surface area contributed by atoms with Crippen LogP contribution in [-0.4, -0.2) is 13.7 Å². The van der Waals surface area contributed by atoms with E-state index >= 15 is 0 Å². The number of ether oxygens (including phenoxy) is 1. The highest BCUT2D eigenvalue weighted by Gasteiger charge is 2.05. The van der Waals surface area contributed by atoms with Gasteiger partial charge < -0.3 is 10.1 Å². The molecule has 2 aromatic rings. The van der Waals surface area contributed by atoms with Gasteiger partial charge in [0.15, 0.2) is 0 Å². The van der Waals surface area contributed by atoms with E-state index in [0.29, 0.717) is 0 Å². The van der Waals surface area contributed by atoms with E-state index in [-0.39, 0.29) is 11.9 Å². The van der Waals surface area contributed by atoms with Crippen LogP contribution in [0.3, 0.4) is 0 Å². The van der Waals surface area contributed by atoms with Crippen LogP contribution in [0.5, 0.6) is 5.75 Å². The third kappa shape index (κ3) is 4.87. The molecular formula is C18H22FNO. The lowest BCUT2D eigenvalue weighted by molar-refractivity contribution is 0.413. The lowest BCUT2D eigenvalue weighted by atomic mass is 10.1. The molecule has 0 aliphatic heterocycles. The third-order valence-corrected chi connectivity index (χ3v) is 3.58. The van der Waals surface area contributed by atoms with Gasteiger partial charge in [-0.25, -0.2) is 4.39 Å². The molecule has 0 bridgehead atoms. The van der Waals surface area contributed by atoms with Crippen molar-refractivity contribution >= 4 is 0 Å². The van der Waals surface area contributed by atoms with Gasteiger partial charge in [0.2, 0.25) is 0 Å². The van der Waals surface area contributed by atoms with Gasteiger partial charge in [-0.1, -0.05) is 24.3 Å². The molecule has 1 atom stereocenters. The van der Waals surface area contributed by atoms with Gasteiger partial charge in [-0.2, -0.15) is 0 Å². The van der Waals surface area contributed by atoms with Crippen molar-refractivity contribution in [2.45, 2.75) is 25.8 Å². The fraction of sp³-hybridized carbons (Fsp3) is 0.333. The molecule has 3 heteroatoms. The minimum Gasteiger partial charge on any atom is -0.497 e. The molecule has 2 rings (SSSR count). The fourth-order valence-corrected chi connectivity index (χ4v) is 2.33. The number of nitrogens with one attached hydrogen (secondary N) is 1. The van der Waals surface area contributed by atoms with E-state index in [4.69, 9.17) is 4.74 Å². The summed E-state index contributed by atoms with van der Waals surface area (Å²) in [5, 5.41) is 3.49. The van der Waals surface area contributed by atoms with Crippen LogP contribution in [0.15, 0.2) is 48.5 Å². The number of hydrogen-bond donors (Lipinski definition) is 1. The van der Waals surface area contributed by atoms with E-state index in [2.05, 4.69) is 18.3 Å². The van der Waals surface area contributed by atoms with E-state index in [1.54, 1.807) is 19.2 Å². The van der Waals surface area contributed by atoms with Crippen LogP contribution in [0.2, 0.25) is 0 Å². The second kappa shape index (κ2) is 7.79. The number of aryl methyl sites for hydroxylation is 1. The van der Waals surface area contributed by atoms with Gasteiger partial charge in [0, 0.05) is 6.04 Å². The van der Waals surface area contributed by atoms with Crippen LogP contribution in [0.4, 0.5) is 4.39 Å². The van der Waals surface area contributed by atoms with Crippen LogP contribution < -0.4 is 10.1 Å². The first-order valence-electron chi connectivity index (χ1n) is 7.31. The van der Waals surface area contributed by atoms with E-state index < -0.39 is 0 Å². The summed E-state index contributed by atoms with van der Waals surface area (Å²) in [4.78, 5) is 0. The van der Waals surface area contributed by atoms with Crippen LogP contribution in [0.25, 0.3) is 0 Å². The average molecular weight is 287 g/mol. The highest BCUT2D eigenvalue weighted by atomic mass is 19.1. The topological polar surface area (TPSA) is 21.3 Å². The van der Waals surface area contributed by atoms with Crippen LogP contribution in [0, 0.1) is 5.82 Å². The summed E-state index contributed by atoms with van der Waals surface area (Å²) in [6, 6.07) is 15.2. The highest BCUT2D eigenvalue weighted by Crippen LogP contribution is 2.18. The molecule has 2 aromatic carbocycles. The smallest absolute Gasteiger partial charge is 0.123 e. The van der Waals surface area contributed by atoms with E-state index in [1.807, 2.05) is 24.3 Å². The first-order chi connectivity index (χ1) is 10.2. The van der Waals surface area contributed by atoms with Crippen molar-refractivity contribution in [3.63, 3.8) is 0 Å². The first kappa shape index (κ1) is 15.5. The zero-order valence-corrected chi connectivity index (χ0v) is 12.6. The lowest BCUT2D eigenvalue weighted by Crippen LogP contribution is -2.20. The van der Waals surface area contributed by atoms with E-state index in [0.717, 1.165) is 30.7 Å². The molecule has 0 radical (unpaired) electrons. The molecule has 0 spiro atoms. The van der Waals surface area contributed by atoms with Gasteiger partial charge in [-0.3, -0.25) is 0 Å². The average Bonchev–Trinajstić information content (AvgIpc) is 2.51. The Kier molecular flexibility index (Phi) is 5.76. The van der Waals surface area contributed by atoms with Crippen molar-refractivity contribution < 1.29 is 9.13 Å². The van der Waals surface area contributed by atoms with Gasteiger partial charge >= 0.3 is 0 Å². The van der Waals surface area contributed by atoms with Gasteiger partial charge in [0.25, 0.3) is 0 Å². The number of rotatable bonds is 7. The lowest BCUT2D eigenvalue weighted by Gasteiger charge is -2.15. The maximum absolute atomic E-state index is 13.1. The monoisotopic (exact) mass is 287 g/mol. The Balaban J connectivity index is 1.77. The number of benzene rings is 2. The maximum atomic E-state index is 13.1. The van der Waals surface area contributed by atoms with Crippen molar-refractivity contribution in [3.05, 3.63) is 65.5 Å². The number of halogens is 1. The van der Waals surface area contributed by atoms with Gasteiger partial charge in [0.1, 0.15) is 11.6 Å². The van der Waals surface area contributed by atoms with E-state index in [1.165, 1.54) is 11.6 Å². The molecule has 0 aliphatic rings. The fourth-order valence-electron chi connectivity index (χ4n) is 2.33. The minimum absolute atomic E-state index is 0.162. The molecule has 0 saturated heterocycles. The van der Waals surface area contributed by atoms with Crippen molar-refractivity contribution in [2.75, 3.05) is 13.7 Å². The summed E-state index contributed by atoms with van der Waals surface area (Å²) in [7, 11) is 1.68. The highest BCUT2D eigenvalue weighted by molar-refractivity contribution is 5.30. The van der Waals surface area contributed by atoms with Crippen molar-refractivity contribution in [1.29, 1.82) is 0 Å². The molecule has 2 nitrogen and oxygen atoms in total. The molecule has 0 aliphatic carbocycles. The normalized spacial score (nSPS) is 12.1. The summed E-state index contributed by atoms with van der Waals surface area (Å²) in [6.45, 7) is 3.03. The van der Waals surface area contributed by atoms with E-state index in [9.17, 15) is 4.39 Å². The molecule has 0 unspecified atom stereocenters. The molecular weight excluding hydrogens is 265 g/mol.